The highest BCUT2D eigenvalue weighted by Crippen LogP contribution is 2.51. The number of aromatic carboxylic acids is 1. The molecule has 1 aromatic carbocycles. The smallest absolute Gasteiger partial charge is 0.335 e. The molecule has 1 rings (SSSR count). The molecule has 7 heteroatoms. The highest BCUT2D eigenvalue weighted by molar-refractivity contribution is 9.13. The van der Waals surface area contributed by atoms with Gasteiger partial charge in [0.05, 0.1) is 5.56 Å². The number of alkyl halides is 5. The largest absolute Gasteiger partial charge is 0.478 e. The summed E-state index contributed by atoms with van der Waals surface area (Å²) in [5.41, 5.74) is -0.160. The molecule has 0 heterocycles. The Labute approximate surface area is 112 Å². The third-order valence-corrected chi connectivity index (χ3v) is 4.42. The fourth-order valence-corrected chi connectivity index (χ4v) is 1.59. The minimum absolute atomic E-state index is 0.0272. The fraction of sp³-hybridized carbons (Fsp3) is 0.222. The first-order chi connectivity index (χ1) is 7.16. The van der Waals surface area contributed by atoms with Crippen molar-refractivity contribution >= 4 is 49.4 Å². The first kappa shape index (κ1) is 13.9. The van der Waals surface area contributed by atoms with Crippen LogP contribution in [0.25, 0.3) is 0 Å². The summed E-state index contributed by atoms with van der Waals surface area (Å²) >= 11 is 10.0. The molecule has 16 heavy (non-hydrogen) atoms. The molecule has 0 saturated carbocycles. The summed E-state index contributed by atoms with van der Waals surface area (Å²) in [6.45, 7) is 0. The van der Waals surface area contributed by atoms with Gasteiger partial charge >= 0.3 is 5.97 Å². The van der Waals surface area contributed by atoms with Crippen LogP contribution in [0.2, 0.25) is 0 Å². The van der Waals surface area contributed by atoms with Gasteiger partial charge in [-0.25, -0.2) is 13.6 Å². The Kier molecular flexibility index (Phi) is 3.97. The van der Waals surface area contributed by atoms with Gasteiger partial charge in [0.25, 0.3) is 4.04 Å². The molecule has 0 radical (unpaired) electrons. The number of carbonyl (C=O) groups is 1. The van der Waals surface area contributed by atoms with Crippen LogP contribution in [-0.4, -0.2) is 15.1 Å². The molecule has 0 bridgehead atoms. The molecular formula is C9H5Br2ClF2O2. The van der Waals surface area contributed by atoms with Crippen LogP contribution in [0.15, 0.2) is 24.3 Å². The van der Waals surface area contributed by atoms with Crippen LogP contribution in [0.4, 0.5) is 8.78 Å². The van der Waals surface area contributed by atoms with Crippen LogP contribution >= 0.6 is 43.5 Å². The third kappa shape index (κ3) is 2.73. The molecule has 88 valence electrons. The van der Waals surface area contributed by atoms with Crippen molar-refractivity contribution in [3.05, 3.63) is 35.4 Å². The van der Waals surface area contributed by atoms with Crippen molar-refractivity contribution in [2.75, 3.05) is 0 Å². The number of hydrogen-bond acceptors (Lipinski definition) is 1. The summed E-state index contributed by atoms with van der Waals surface area (Å²) in [6.07, 6.45) is 0. The SMILES string of the molecule is O=C(O)c1ccc([C@@](F)(Br)[C@](F)(Cl)Br)cc1. The lowest BCUT2D eigenvalue weighted by Crippen LogP contribution is -2.29. The lowest BCUT2D eigenvalue weighted by molar-refractivity contribution is 0.0696. The van der Waals surface area contributed by atoms with Crippen molar-refractivity contribution < 1.29 is 18.7 Å². The van der Waals surface area contributed by atoms with Gasteiger partial charge in [-0.3, -0.25) is 0 Å². The van der Waals surface area contributed by atoms with Gasteiger partial charge in [-0.05, 0) is 44.0 Å². The summed E-state index contributed by atoms with van der Waals surface area (Å²) in [7, 11) is 0. The Morgan fingerprint density at radius 3 is 2.00 bits per heavy atom. The lowest BCUT2D eigenvalue weighted by atomic mass is 10.1. The number of carboxylic acid groups (broad SMARTS) is 1. The molecular weight excluding hydrogens is 373 g/mol. The van der Waals surface area contributed by atoms with E-state index in [0.717, 1.165) is 24.3 Å². The van der Waals surface area contributed by atoms with E-state index in [9.17, 15) is 13.6 Å². The zero-order valence-electron chi connectivity index (χ0n) is 7.55. The predicted molar refractivity (Wildman–Crippen MR) is 63.7 cm³/mol. The zero-order chi connectivity index (χ0) is 12.6. The second kappa shape index (κ2) is 4.58. The average molecular weight is 378 g/mol. The van der Waals surface area contributed by atoms with Gasteiger partial charge < -0.3 is 5.11 Å². The quantitative estimate of drug-likeness (QED) is 0.802. The van der Waals surface area contributed by atoms with Gasteiger partial charge in [0.1, 0.15) is 0 Å². The molecule has 0 amide bonds. The highest BCUT2D eigenvalue weighted by Gasteiger charge is 2.50. The van der Waals surface area contributed by atoms with E-state index in [2.05, 4.69) is 31.9 Å². The fourth-order valence-electron chi connectivity index (χ4n) is 0.986. The molecule has 0 unspecified atom stereocenters. The Hall–Kier alpha value is -0.200. The first-order valence-electron chi connectivity index (χ1n) is 3.94. The summed E-state index contributed by atoms with van der Waals surface area (Å²) in [5, 5.41) is 8.62. The summed E-state index contributed by atoms with van der Waals surface area (Å²) < 4.78 is 21.7. The monoisotopic (exact) mass is 376 g/mol. The van der Waals surface area contributed by atoms with Crippen LogP contribution in [-0.2, 0) is 4.58 Å². The molecule has 2 atom stereocenters. The van der Waals surface area contributed by atoms with Crippen molar-refractivity contribution in [3.8, 4) is 0 Å². The molecule has 0 aliphatic heterocycles. The average Bonchev–Trinajstić information content (AvgIpc) is 2.16. The molecule has 0 spiro atoms. The maximum absolute atomic E-state index is 13.9. The Bertz CT molecular complexity index is 401. The number of hydrogen-bond donors (Lipinski definition) is 1. The predicted octanol–water partition coefficient (Wildman–Crippen LogP) is 4.16. The minimum Gasteiger partial charge on any atom is -0.478 e. The van der Waals surface area contributed by atoms with Crippen molar-refractivity contribution in [1.29, 1.82) is 0 Å². The molecule has 0 aromatic heterocycles. The molecule has 0 fully saturated rings. The molecule has 0 aliphatic rings. The van der Waals surface area contributed by atoms with Crippen molar-refractivity contribution in [1.82, 2.24) is 0 Å². The van der Waals surface area contributed by atoms with Gasteiger partial charge in [-0.2, -0.15) is 0 Å². The van der Waals surface area contributed by atoms with E-state index >= 15 is 0 Å². The molecule has 0 aliphatic carbocycles. The summed E-state index contributed by atoms with van der Waals surface area (Å²) in [5.74, 6) is -1.15. The van der Waals surface area contributed by atoms with E-state index in [-0.39, 0.29) is 11.1 Å². The Morgan fingerprint density at radius 2 is 1.69 bits per heavy atom. The third-order valence-electron chi connectivity index (χ3n) is 1.85. The summed E-state index contributed by atoms with van der Waals surface area (Å²) in [4.78, 5) is 10.5. The van der Waals surface area contributed by atoms with Gasteiger partial charge in [-0.1, -0.05) is 23.7 Å². The zero-order valence-corrected chi connectivity index (χ0v) is 11.5. The normalized spacial score (nSPS) is 18.6. The maximum atomic E-state index is 13.9. The number of benzene rings is 1. The second-order valence-corrected chi connectivity index (χ2v) is 6.12. The van der Waals surface area contributed by atoms with Crippen LogP contribution in [0.3, 0.4) is 0 Å². The minimum atomic E-state index is -2.83. The Morgan fingerprint density at radius 1 is 1.25 bits per heavy atom. The summed E-state index contributed by atoms with van der Waals surface area (Å²) in [6, 6.07) is 4.58. The Balaban J connectivity index is 3.11. The topological polar surface area (TPSA) is 37.3 Å². The molecule has 2 nitrogen and oxygen atoms in total. The van der Waals surface area contributed by atoms with E-state index in [0.29, 0.717) is 0 Å². The van der Waals surface area contributed by atoms with E-state index in [1.54, 1.807) is 0 Å². The molecule has 1 aromatic rings. The maximum Gasteiger partial charge on any atom is 0.335 e. The van der Waals surface area contributed by atoms with Crippen molar-refractivity contribution in [2.24, 2.45) is 0 Å². The van der Waals surface area contributed by atoms with Crippen LogP contribution < -0.4 is 0 Å². The van der Waals surface area contributed by atoms with E-state index in [1.807, 2.05) is 0 Å². The standard InChI is InChI=1S/C9H5Br2ClF2O2/c10-8(13,9(11,12)14)6-3-1-5(2-4-6)7(15)16/h1-4H,(H,15,16)/t8-,9+/m0/s1. The molecule has 0 saturated heterocycles. The first-order valence-corrected chi connectivity index (χ1v) is 5.91. The lowest BCUT2D eigenvalue weighted by Gasteiger charge is -2.25. The van der Waals surface area contributed by atoms with Crippen molar-refractivity contribution in [3.63, 3.8) is 0 Å². The van der Waals surface area contributed by atoms with Crippen LogP contribution in [0.5, 0.6) is 0 Å². The van der Waals surface area contributed by atoms with E-state index in [1.165, 1.54) is 0 Å². The van der Waals surface area contributed by atoms with Gasteiger partial charge in [0.2, 0.25) is 4.58 Å². The van der Waals surface area contributed by atoms with Gasteiger partial charge in [0, 0.05) is 5.56 Å². The van der Waals surface area contributed by atoms with Crippen molar-refractivity contribution in [2.45, 2.75) is 8.62 Å². The number of halogens is 5. The van der Waals surface area contributed by atoms with E-state index < -0.39 is 14.6 Å². The number of rotatable bonds is 3. The highest BCUT2D eigenvalue weighted by atomic mass is 79.9. The molecule has 1 N–H and O–H groups in total. The second-order valence-electron chi connectivity index (χ2n) is 2.95. The van der Waals surface area contributed by atoms with Crippen LogP contribution in [0, 0.1) is 0 Å². The number of carboxylic acids is 1. The van der Waals surface area contributed by atoms with Crippen LogP contribution in [0.1, 0.15) is 15.9 Å². The van der Waals surface area contributed by atoms with Gasteiger partial charge in [0.15, 0.2) is 0 Å². The van der Waals surface area contributed by atoms with E-state index in [4.69, 9.17) is 16.7 Å². The van der Waals surface area contributed by atoms with Gasteiger partial charge in [-0.15, -0.1) is 0 Å².